The number of rotatable bonds is 6. The zero-order valence-electron chi connectivity index (χ0n) is 18.8. The molecule has 0 radical (unpaired) electrons. The number of aromatic nitrogens is 2. The minimum absolute atomic E-state index is 0.109. The summed E-state index contributed by atoms with van der Waals surface area (Å²) in [5.41, 5.74) is 7.62. The third-order valence-corrected chi connectivity index (χ3v) is 5.54. The maximum atomic E-state index is 12.7. The number of hydrogen-bond acceptors (Lipinski definition) is 4. The molecular formula is C27H25ClN4O. The lowest BCUT2D eigenvalue weighted by molar-refractivity contribution is -0.114. The molecule has 0 saturated heterocycles. The van der Waals surface area contributed by atoms with Crippen molar-refractivity contribution in [3.8, 4) is 22.5 Å². The van der Waals surface area contributed by atoms with Crippen LogP contribution in [0.25, 0.3) is 22.5 Å². The first-order valence-electron chi connectivity index (χ1n) is 10.7. The average molecular weight is 457 g/mol. The van der Waals surface area contributed by atoms with Crippen LogP contribution in [0, 0.1) is 20.8 Å². The smallest absolute Gasteiger partial charge is 0.246 e. The summed E-state index contributed by atoms with van der Waals surface area (Å²) in [5, 5.41) is 6.67. The van der Waals surface area contributed by atoms with E-state index in [0.29, 0.717) is 10.7 Å². The Kier molecular flexibility index (Phi) is 6.71. The SMILES string of the molecule is Cc1ccc(-c2cc(-c3ccc(Cl)cc3)nc(NC(=O)CNc3ccc(C)cc3C)n2)cc1. The molecule has 166 valence electrons. The van der Waals surface area contributed by atoms with Crippen molar-refractivity contribution in [1.82, 2.24) is 9.97 Å². The van der Waals surface area contributed by atoms with Gasteiger partial charge in [-0.2, -0.15) is 0 Å². The van der Waals surface area contributed by atoms with E-state index in [9.17, 15) is 4.79 Å². The largest absolute Gasteiger partial charge is 0.376 e. The summed E-state index contributed by atoms with van der Waals surface area (Å²) in [5.74, 6) is 0.0311. The summed E-state index contributed by atoms with van der Waals surface area (Å²) >= 11 is 6.05. The zero-order chi connectivity index (χ0) is 23.4. The fourth-order valence-corrected chi connectivity index (χ4v) is 3.63. The van der Waals surface area contributed by atoms with Gasteiger partial charge in [-0.25, -0.2) is 9.97 Å². The molecule has 5 nitrogen and oxygen atoms in total. The molecule has 4 rings (SSSR count). The van der Waals surface area contributed by atoms with Gasteiger partial charge >= 0.3 is 0 Å². The number of hydrogen-bond donors (Lipinski definition) is 2. The second kappa shape index (κ2) is 9.84. The molecule has 0 atom stereocenters. The highest BCUT2D eigenvalue weighted by molar-refractivity contribution is 6.30. The molecule has 0 unspecified atom stereocenters. The first-order chi connectivity index (χ1) is 15.9. The van der Waals surface area contributed by atoms with Crippen LogP contribution in [0.2, 0.25) is 5.02 Å². The summed E-state index contributed by atoms with van der Waals surface area (Å²) in [6, 6.07) is 23.5. The predicted octanol–water partition coefficient (Wildman–Crippen LogP) is 6.44. The standard InChI is InChI=1S/C27H25ClN4O/c1-17-4-7-20(8-5-17)24-15-25(21-9-11-22(28)12-10-21)31-27(30-24)32-26(33)16-29-23-13-6-18(2)14-19(23)3/h4-15,29H,16H2,1-3H3,(H,30,31,32,33). The van der Waals surface area contributed by atoms with E-state index in [0.717, 1.165) is 33.6 Å². The molecule has 4 aromatic rings. The van der Waals surface area contributed by atoms with E-state index in [2.05, 4.69) is 26.7 Å². The van der Waals surface area contributed by atoms with Crippen LogP contribution in [0.15, 0.2) is 72.8 Å². The van der Waals surface area contributed by atoms with E-state index in [1.54, 1.807) is 0 Å². The zero-order valence-corrected chi connectivity index (χ0v) is 19.6. The lowest BCUT2D eigenvalue weighted by Crippen LogP contribution is -2.23. The van der Waals surface area contributed by atoms with Gasteiger partial charge < -0.3 is 5.32 Å². The summed E-state index contributed by atoms with van der Waals surface area (Å²) in [4.78, 5) is 21.9. The van der Waals surface area contributed by atoms with Gasteiger partial charge in [0.05, 0.1) is 17.9 Å². The first kappa shape index (κ1) is 22.5. The molecule has 1 aromatic heterocycles. The van der Waals surface area contributed by atoms with Crippen LogP contribution < -0.4 is 10.6 Å². The number of aryl methyl sites for hydroxylation is 3. The van der Waals surface area contributed by atoms with Gasteiger partial charge in [0.15, 0.2) is 0 Å². The molecule has 33 heavy (non-hydrogen) atoms. The number of nitrogens with one attached hydrogen (secondary N) is 2. The van der Waals surface area contributed by atoms with Gasteiger partial charge in [-0.05, 0) is 50.6 Å². The van der Waals surface area contributed by atoms with E-state index >= 15 is 0 Å². The molecule has 1 heterocycles. The van der Waals surface area contributed by atoms with Crippen molar-refractivity contribution in [2.45, 2.75) is 20.8 Å². The molecule has 1 amide bonds. The quantitative estimate of drug-likeness (QED) is 0.350. The Morgan fingerprint density at radius 1 is 0.788 bits per heavy atom. The fraction of sp³-hybridized carbons (Fsp3) is 0.148. The van der Waals surface area contributed by atoms with Gasteiger partial charge in [-0.3, -0.25) is 10.1 Å². The summed E-state index contributed by atoms with van der Waals surface area (Å²) in [6.07, 6.45) is 0. The van der Waals surface area contributed by atoms with Crippen LogP contribution in [0.5, 0.6) is 0 Å². The summed E-state index contributed by atoms with van der Waals surface area (Å²) < 4.78 is 0. The molecule has 0 aliphatic carbocycles. The van der Waals surface area contributed by atoms with Gasteiger partial charge in [-0.15, -0.1) is 0 Å². The lowest BCUT2D eigenvalue weighted by Gasteiger charge is -2.12. The van der Waals surface area contributed by atoms with Crippen molar-refractivity contribution in [3.63, 3.8) is 0 Å². The molecule has 0 aliphatic heterocycles. The van der Waals surface area contributed by atoms with Gasteiger partial charge in [0.25, 0.3) is 0 Å². The van der Waals surface area contributed by atoms with Crippen LogP contribution in [0.4, 0.5) is 11.6 Å². The Morgan fingerprint density at radius 2 is 1.36 bits per heavy atom. The molecule has 6 heteroatoms. The van der Waals surface area contributed by atoms with E-state index < -0.39 is 0 Å². The van der Waals surface area contributed by atoms with Crippen molar-refractivity contribution in [2.24, 2.45) is 0 Å². The number of amides is 1. The third-order valence-electron chi connectivity index (χ3n) is 5.29. The lowest BCUT2D eigenvalue weighted by atomic mass is 10.1. The van der Waals surface area contributed by atoms with Crippen LogP contribution in [-0.2, 0) is 4.79 Å². The highest BCUT2D eigenvalue weighted by Gasteiger charge is 2.12. The maximum absolute atomic E-state index is 12.7. The Hall–Kier alpha value is -3.70. The van der Waals surface area contributed by atoms with Crippen molar-refractivity contribution in [3.05, 3.63) is 94.5 Å². The maximum Gasteiger partial charge on any atom is 0.246 e. The Labute approximate surface area is 198 Å². The Bertz CT molecular complexity index is 1220. The van der Waals surface area contributed by atoms with Crippen molar-refractivity contribution in [1.29, 1.82) is 0 Å². The minimum atomic E-state index is -0.224. The monoisotopic (exact) mass is 456 g/mol. The molecule has 3 aromatic carbocycles. The van der Waals surface area contributed by atoms with Crippen molar-refractivity contribution >= 4 is 29.1 Å². The summed E-state index contributed by atoms with van der Waals surface area (Å²) in [6.45, 7) is 6.20. The molecule has 0 fully saturated rings. The van der Waals surface area contributed by atoms with Crippen LogP contribution in [0.1, 0.15) is 16.7 Å². The Balaban J connectivity index is 1.59. The van der Waals surface area contributed by atoms with E-state index in [1.165, 1.54) is 5.56 Å². The minimum Gasteiger partial charge on any atom is -0.376 e. The number of carbonyl (C=O) groups excluding carboxylic acids is 1. The van der Waals surface area contributed by atoms with Crippen LogP contribution in [-0.4, -0.2) is 22.4 Å². The van der Waals surface area contributed by atoms with Crippen molar-refractivity contribution < 1.29 is 4.79 Å². The normalized spacial score (nSPS) is 10.7. The second-order valence-corrected chi connectivity index (χ2v) is 8.49. The fourth-order valence-electron chi connectivity index (χ4n) is 3.50. The Morgan fingerprint density at radius 3 is 1.97 bits per heavy atom. The molecule has 0 saturated carbocycles. The second-order valence-electron chi connectivity index (χ2n) is 8.06. The van der Waals surface area contributed by atoms with Gasteiger partial charge in [-0.1, -0.05) is 71.3 Å². The highest BCUT2D eigenvalue weighted by Crippen LogP contribution is 2.26. The first-order valence-corrected chi connectivity index (χ1v) is 11.1. The van der Waals surface area contributed by atoms with Gasteiger partial charge in [0, 0.05) is 21.8 Å². The number of carbonyl (C=O) groups is 1. The molecule has 0 aliphatic rings. The number of benzene rings is 3. The van der Waals surface area contributed by atoms with Gasteiger partial charge in [0.2, 0.25) is 11.9 Å². The molecular weight excluding hydrogens is 432 g/mol. The molecule has 0 spiro atoms. The van der Waals surface area contributed by atoms with E-state index in [4.69, 9.17) is 11.6 Å². The number of halogens is 1. The van der Waals surface area contributed by atoms with Gasteiger partial charge in [0.1, 0.15) is 0 Å². The van der Waals surface area contributed by atoms with Crippen LogP contribution >= 0.6 is 11.6 Å². The van der Waals surface area contributed by atoms with E-state index in [1.807, 2.05) is 87.5 Å². The predicted molar refractivity (Wildman–Crippen MR) is 136 cm³/mol. The molecule has 2 N–H and O–H groups in total. The topological polar surface area (TPSA) is 66.9 Å². The van der Waals surface area contributed by atoms with E-state index in [-0.39, 0.29) is 18.4 Å². The average Bonchev–Trinajstić information content (AvgIpc) is 2.79. The molecule has 0 bridgehead atoms. The third kappa shape index (κ3) is 5.76. The highest BCUT2D eigenvalue weighted by atomic mass is 35.5. The number of anilines is 2. The van der Waals surface area contributed by atoms with Crippen molar-refractivity contribution in [2.75, 3.05) is 17.2 Å². The summed E-state index contributed by atoms with van der Waals surface area (Å²) in [7, 11) is 0. The van der Waals surface area contributed by atoms with Crippen LogP contribution in [0.3, 0.4) is 0 Å². The number of nitrogens with zero attached hydrogens (tertiary/aromatic N) is 2.